The number of rotatable bonds is 4. The van der Waals surface area contributed by atoms with Crippen LogP contribution in [0.4, 0.5) is 0 Å². The third-order valence-corrected chi connectivity index (χ3v) is 3.75. The molecule has 0 saturated heterocycles. The molecule has 0 bridgehead atoms. The maximum Gasteiger partial charge on any atom is 0.348 e. The molecule has 0 atom stereocenters. The largest absolute Gasteiger partial charge is 0.451 e. The minimum Gasteiger partial charge on any atom is -0.451 e. The van der Waals surface area contributed by atoms with E-state index in [1.54, 1.807) is 6.07 Å². The summed E-state index contributed by atoms with van der Waals surface area (Å²) in [5.41, 5.74) is 0.854. The molecule has 0 aliphatic rings. The molecule has 106 valence electrons. The Kier molecular flexibility index (Phi) is 3.79. The van der Waals surface area contributed by atoms with Gasteiger partial charge < -0.3 is 9.26 Å². The minimum atomic E-state index is -0.382. The standard InChI is InChI=1S/C15H12N2O3S/c1-10-7-8-12(21-10)15(18)19-9-13-16-14(17-20-13)11-5-3-2-4-6-11/h2-8H,9H2,1H3. The van der Waals surface area contributed by atoms with E-state index < -0.39 is 0 Å². The highest BCUT2D eigenvalue weighted by Gasteiger charge is 2.13. The summed E-state index contributed by atoms with van der Waals surface area (Å²) >= 11 is 1.39. The van der Waals surface area contributed by atoms with Crippen LogP contribution in [-0.2, 0) is 11.3 Å². The average Bonchev–Trinajstić information content (AvgIpc) is 3.15. The van der Waals surface area contributed by atoms with Crippen LogP contribution in [0.25, 0.3) is 11.4 Å². The number of hydrogen-bond donors (Lipinski definition) is 0. The lowest BCUT2D eigenvalue weighted by molar-refractivity contribution is 0.0435. The maximum atomic E-state index is 11.8. The summed E-state index contributed by atoms with van der Waals surface area (Å²) in [6.07, 6.45) is 0. The first-order chi connectivity index (χ1) is 10.2. The lowest BCUT2D eigenvalue weighted by Gasteiger charge is -1.98. The fraction of sp³-hybridized carbons (Fsp3) is 0.133. The molecule has 2 aromatic heterocycles. The number of carbonyl (C=O) groups is 1. The van der Waals surface area contributed by atoms with Gasteiger partial charge in [0.25, 0.3) is 5.89 Å². The van der Waals surface area contributed by atoms with Gasteiger partial charge in [-0.3, -0.25) is 0 Å². The molecule has 0 unspecified atom stereocenters. The fourth-order valence-electron chi connectivity index (χ4n) is 1.76. The van der Waals surface area contributed by atoms with Crippen molar-refractivity contribution >= 4 is 17.3 Å². The molecule has 1 aromatic carbocycles. The van der Waals surface area contributed by atoms with Crippen molar-refractivity contribution in [3.05, 3.63) is 58.1 Å². The van der Waals surface area contributed by atoms with Gasteiger partial charge in [-0.25, -0.2) is 4.79 Å². The van der Waals surface area contributed by atoms with Crippen LogP contribution in [0.2, 0.25) is 0 Å². The number of nitrogens with zero attached hydrogens (tertiary/aromatic N) is 2. The van der Waals surface area contributed by atoms with Crippen LogP contribution in [0.5, 0.6) is 0 Å². The molecular formula is C15H12N2O3S. The number of thiophene rings is 1. The molecule has 5 nitrogen and oxygen atoms in total. The van der Waals surface area contributed by atoms with Crippen molar-refractivity contribution < 1.29 is 14.1 Å². The Morgan fingerprint density at radius 3 is 2.76 bits per heavy atom. The van der Waals surface area contributed by atoms with E-state index in [1.165, 1.54) is 11.3 Å². The van der Waals surface area contributed by atoms with E-state index in [0.29, 0.717) is 10.7 Å². The van der Waals surface area contributed by atoms with Gasteiger partial charge in [0.05, 0.1) is 0 Å². The number of aryl methyl sites for hydroxylation is 1. The highest BCUT2D eigenvalue weighted by atomic mass is 32.1. The van der Waals surface area contributed by atoms with Crippen molar-refractivity contribution in [3.63, 3.8) is 0 Å². The van der Waals surface area contributed by atoms with Gasteiger partial charge in [-0.1, -0.05) is 35.5 Å². The van der Waals surface area contributed by atoms with E-state index in [1.807, 2.05) is 43.3 Å². The number of esters is 1. The van der Waals surface area contributed by atoms with Gasteiger partial charge in [0, 0.05) is 10.4 Å². The predicted octanol–water partition coefficient (Wildman–Crippen LogP) is 3.46. The van der Waals surface area contributed by atoms with Gasteiger partial charge in [0.1, 0.15) is 4.88 Å². The van der Waals surface area contributed by atoms with Gasteiger partial charge in [0.2, 0.25) is 5.82 Å². The van der Waals surface area contributed by atoms with Crippen LogP contribution >= 0.6 is 11.3 Å². The van der Waals surface area contributed by atoms with Crippen LogP contribution in [0.1, 0.15) is 20.4 Å². The van der Waals surface area contributed by atoms with E-state index in [4.69, 9.17) is 9.26 Å². The van der Waals surface area contributed by atoms with Crippen LogP contribution in [-0.4, -0.2) is 16.1 Å². The highest BCUT2D eigenvalue weighted by molar-refractivity contribution is 7.13. The van der Waals surface area contributed by atoms with Gasteiger partial charge >= 0.3 is 5.97 Å². The third kappa shape index (κ3) is 3.17. The van der Waals surface area contributed by atoms with Crippen molar-refractivity contribution in [2.24, 2.45) is 0 Å². The topological polar surface area (TPSA) is 65.2 Å². The van der Waals surface area contributed by atoms with Crippen molar-refractivity contribution in [1.29, 1.82) is 0 Å². The lowest BCUT2D eigenvalue weighted by atomic mass is 10.2. The smallest absolute Gasteiger partial charge is 0.348 e. The molecule has 0 N–H and O–H groups in total. The monoisotopic (exact) mass is 300 g/mol. The molecule has 0 spiro atoms. The van der Waals surface area contributed by atoms with E-state index in [9.17, 15) is 4.79 Å². The Morgan fingerprint density at radius 1 is 1.24 bits per heavy atom. The second kappa shape index (κ2) is 5.88. The van der Waals surface area contributed by atoms with Crippen LogP contribution in [0, 0.1) is 6.92 Å². The number of ether oxygens (including phenoxy) is 1. The molecule has 6 heteroatoms. The molecule has 21 heavy (non-hydrogen) atoms. The Balaban J connectivity index is 1.64. The first-order valence-electron chi connectivity index (χ1n) is 6.34. The molecule has 2 heterocycles. The third-order valence-electron chi connectivity index (χ3n) is 2.77. The van der Waals surface area contributed by atoms with Crippen molar-refractivity contribution in [3.8, 4) is 11.4 Å². The zero-order valence-electron chi connectivity index (χ0n) is 11.3. The van der Waals surface area contributed by atoms with E-state index in [2.05, 4.69) is 10.1 Å². The van der Waals surface area contributed by atoms with E-state index >= 15 is 0 Å². The summed E-state index contributed by atoms with van der Waals surface area (Å²) < 4.78 is 10.2. The average molecular weight is 300 g/mol. The predicted molar refractivity (Wildman–Crippen MR) is 77.9 cm³/mol. The Labute approximate surface area is 125 Å². The summed E-state index contributed by atoms with van der Waals surface area (Å²) in [7, 11) is 0. The molecule has 0 fully saturated rings. The Hall–Kier alpha value is -2.47. The molecule has 3 rings (SSSR count). The number of aromatic nitrogens is 2. The summed E-state index contributed by atoms with van der Waals surface area (Å²) in [6, 6.07) is 13.1. The van der Waals surface area contributed by atoms with Crippen LogP contribution in [0.15, 0.2) is 47.0 Å². The number of carbonyl (C=O) groups excluding carboxylic acids is 1. The Morgan fingerprint density at radius 2 is 2.05 bits per heavy atom. The molecule has 0 amide bonds. The van der Waals surface area contributed by atoms with Gasteiger partial charge in [-0.15, -0.1) is 11.3 Å². The summed E-state index contributed by atoms with van der Waals surface area (Å²) in [4.78, 5) is 17.6. The highest BCUT2D eigenvalue weighted by Crippen LogP contribution is 2.18. The minimum absolute atomic E-state index is 0.0321. The van der Waals surface area contributed by atoms with Gasteiger partial charge in [-0.05, 0) is 19.1 Å². The van der Waals surface area contributed by atoms with Crippen molar-refractivity contribution in [2.75, 3.05) is 0 Å². The molecule has 0 aliphatic carbocycles. The van der Waals surface area contributed by atoms with Gasteiger partial charge in [-0.2, -0.15) is 4.98 Å². The van der Waals surface area contributed by atoms with Crippen LogP contribution in [0.3, 0.4) is 0 Å². The maximum absolute atomic E-state index is 11.8. The van der Waals surface area contributed by atoms with Crippen molar-refractivity contribution in [2.45, 2.75) is 13.5 Å². The normalized spacial score (nSPS) is 10.5. The zero-order valence-corrected chi connectivity index (χ0v) is 12.1. The second-order valence-electron chi connectivity index (χ2n) is 4.36. The number of hydrogen-bond acceptors (Lipinski definition) is 6. The molecule has 0 aliphatic heterocycles. The van der Waals surface area contributed by atoms with Gasteiger partial charge in [0.15, 0.2) is 6.61 Å². The fourth-order valence-corrected chi connectivity index (χ4v) is 2.52. The SMILES string of the molecule is Cc1ccc(C(=O)OCc2nc(-c3ccccc3)no2)s1. The van der Waals surface area contributed by atoms with Crippen molar-refractivity contribution in [1.82, 2.24) is 10.1 Å². The first-order valence-corrected chi connectivity index (χ1v) is 7.15. The quantitative estimate of drug-likeness (QED) is 0.690. The molecular weight excluding hydrogens is 288 g/mol. The zero-order chi connectivity index (χ0) is 14.7. The molecule has 0 saturated carbocycles. The second-order valence-corrected chi connectivity index (χ2v) is 5.65. The summed E-state index contributed by atoms with van der Waals surface area (Å²) in [6.45, 7) is 1.90. The number of benzene rings is 1. The summed E-state index contributed by atoms with van der Waals surface area (Å²) in [5, 5.41) is 3.87. The van der Waals surface area contributed by atoms with E-state index in [0.717, 1.165) is 10.4 Å². The molecule has 3 aromatic rings. The Bertz CT molecular complexity index is 749. The van der Waals surface area contributed by atoms with Crippen LogP contribution < -0.4 is 0 Å². The first kappa shape index (κ1) is 13.5. The lowest BCUT2D eigenvalue weighted by Crippen LogP contribution is -2.03. The summed E-state index contributed by atoms with van der Waals surface area (Å²) in [5.74, 6) is 0.372. The van der Waals surface area contributed by atoms with E-state index in [-0.39, 0.29) is 18.5 Å². The molecule has 0 radical (unpaired) electrons.